The van der Waals surface area contributed by atoms with Crippen LogP contribution in [0.2, 0.25) is 0 Å². The van der Waals surface area contributed by atoms with Crippen molar-refractivity contribution in [2.75, 3.05) is 0 Å². The molecule has 126 valence electrons. The fourth-order valence-electron chi connectivity index (χ4n) is 3.43. The van der Waals surface area contributed by atoms with Gasteiger partial charge in [-0.15, -0.1) is 0 Å². The summed E-state index contributed by atoms with van der Waals surface area (Å²) in [4.78, 5) is 27.5. The van der Waals surface area contributed by atoms with Crippen molar-refractivity contribution in [1.82, 2.24) is 20.0 Å². The summed E-state index contributed by atoms with van der Waals surface area (Å²) in [7, 11) is 0. The molecule has 6 unspecified atom stereocenters. The lowest BCUT2D eigenvalue weighted by atomic mass is 9.98. The first-order chi connectivity index (χ1) is 10.1. The Kier molecular flexibility index (Phi) is 3.98. The van der Waals surface area contributed by atoms with Crippen molar-refractivity contribution >= 4 is 12.1 Å². The predicted molar refractivity (Wildman–Crippen MR) is 72.7 cm³/mol. The maximum absolute atomic E-state index is 12.5. The topological polar surface area (TPSA) is 137 Å². The first-order valence-corrected chi connectivity index (χ1v) is 7.02. The van der Waals surface area contributed by atoms with E-state index in [-0.39, 0.29) is 0 Å². The van der Waals surface area contributed by atoms with Gasteiger partial charge in [-0.3, -0.25) is 14.7 Å². The first kappa shape index (κ1) is 16.7. The van der Waals surface area contributed by atoms with Crippen LogP contribution in [0.15, 0.2) is 0 Å². The van der Waals surface area contributed by atoms with Gasteiger partial charge in [-0.05, 0) is 27.7 Å². The molecule has 6 atom stereocenters. The monoisotopic (exact) mass is 318 g/mol. The second-order valence-electron chi connectivity index (χ2n) is 5.64. The van der Waals surface area contributed by atoms with Gasteiger partial charge in [0.05, 0.1) is 6.10 Å². The summed E-state index contributed by atoms with van der Waals surface area (Å²) in [6.07, 6.45) is -6.40. The van der Waals surface area contributed by atoms with E-state index in [0.29, 0.717) is 0 Å². The van der Waals surface area contributed by atoms with Gasteiger partial charge >= 0.3 is 12.1 Å². The maximum atomic E-state index is 12.5. The van der Waals surface area contributed by atoms with Crippen molar-refractivity contribution in [2.45, 2.75) is 64.3 Å². The molecule has 2 fully saturated rings. The normalized spacial score (nSPS) is 33.6. The second-order valence-corrected chi connectivity index (χ2v) is 5.64. The number of nitrogens with zero attached hydrogens (tertiary/aromatic N) is 3. The van der Waals surface area contributed by atoms with E-state index in [0.717, 1.165) is 14.7 Å². The van der Waals surface area contributed by atoms with Crippen LogP contribution in [0.25, 0.3) is 0 Å². The van der Waals surface area contributed by atoms with E-state index in [9.17, 15) is 30.0 Å². The maximum Gasteiger partial charge on any atom is 0.328 e. The molecule has 2 saturated heterocycles. The van der Waals surface area contributed by atoms with Crippen LogP contribution < -0.4 is 5.32 Å². The second kappa shape index (κ2) is 5.23. The Balaban J connectivity index is 2.69. The number of urea groups is 2. The number of carbonyl (C=O) groups is 2. The highest BCUT2D eigenvalue weighted by Crippen LogP contribution is 2.43. The highest BCUT2D eigenvalue weighted by Gasteiger charge is 2.71. The van der Waals surface area contributed by atoms with E-state index in [4.69, 9.17) is 0 Å². The Bertz CT molecular complexity index is 482. The third-order valence-electron chi connectivity index (χ3n) is 4.12. The van der Waals surface area contributed by atoms with E-state index in [1.165, 1.54) is 27.7 Å². The van der Waals surface area contributed by atoms with Crippen LogP contribution in [-0.2, 0) is 0 Å². The first-order valence-electron chi connectivity index (χ1n) is 7.02. The number of fused-ring (bicyclic) bond motifs is 1. The van der Waals surface area contributed by atoms with Crippen LogP contribution in [0.1, 0.15) is 27.7 Å². The van der Waals surface area contributed by atoms with Gasteiger partial charge in [0.1, 0.15) is 18.7 Å². The smallest absolute Gasteiger partial charge is 0.328 e. The molecule has 0 aliphatic carbocycles. The van der Waals surface area contributed by atoms with Crippen molar-refractivity contribution in [3.8, 4) is 0 Å². The summed E-state index contributed by atoms with van der Waals surface area (Å²) in [6, 6.07) is -1.48. The summed E-state index contributed by atoms with van der Waals surface area (Å²) in [5.74, 6) is 0. The van der Waals surface area contributed by atoms with Crippen LogP contribution >= 0.6 is 0 Å². The molecule has 5 N–H and O–H groups in total. The van der Waals surface area contributed by atoms with E-state index >= 15 is 0 Å². The summed E-state index contributed by atoms with van der Waals surface area (Å²) in [5.41, 5.74) is -1.74. The number of amides is 4. The minimum Gasteiger partial charge on any atom is -0.389 e. The van der Waals surface area contributed by atoms with E-state index in [2.05, 4.69) is 5.32 Å². The molecule has 22 heavy (non-hydrogen) atoms. The lowest BCUT2D eigenvalue weighted by Gasteiger charge is -2.46. The summed E-state index contributed by atoms with van der Waals surface area (Å²) >= 11 is 0. The Hall–Kier alpha value is -1.62. The molecular formula is C12H22N4O6. The van der Waals surface area contributed by atoms with Gasteiger partial charge in [-0.25, -0.2) is 9.59 Å². The third kappa shape index (κ3) is 1.88. The number of nitrogens with one attached hydrogen (secondary N) is 1. The van der Waals surface area contributed by atoms with Crippen molar-refractivity contribution in [1.29, 1.82) is 0 Å². The molecule has 2 aliphatic rings. The zero-order chi connectivity index (χ0) is 17.0. The van der Waals surface area contributed by atoms with Crippen molar-refractivity contribution in [3.05, 3.63) is 0 Å². The number of hydrogen-bond acceptors (Lipinski definition) is 6. The van der Waals surface area contributed by atoms with Gasteiger partial charge < -0.3 is 25.7 Å². The summed E-state index contributed by atoms with van der Waals surface area (Å²) < 4.78 is 0. The van der Waals surface area contributed by atoms with Crippen LogP contribution in [0.3, 0.4) is 0 Å². The van der Waals surface area contributed by atoms with Gasteiger partial charge in [0.15, 0.2) is 11.8 Å². The van der Waals surface area contributed by atoms with E-state index in [1.54, 1.807) is 0 Å². The molecule has 4 amide bonds. The van der Waals surface area contributed by atoms with Crippen LogP contribution in [0.5, 0.6) is 0 Å². The number of aliphatic hydroxyl groups is 4. The highest BCUT2D eigenvalue weighted by atomic mass is 16.3. The Morgan fingerprint density at radius 3 is 1.82 bits per heavy atom. The van der Waals surface area contributed by atoms with Gasteiger partial charge in [-0.2, -0.15) is 0 Å². The van der Waals surface area contributed by atoms with E-state index in [1.807, 2.05) is 0 Å². The van der Waals surface area contributed by atoms with Gasteiger partial charge in [0.2, 0.25) is 0 Å². The number of carbonyl (C=O) groups excluding carboxylic acids is 2. The third-order valence-corrected chi connectivity index (χ3v) is 4.12. The Morgan fingerprint density at radius 1 is 0.955 bits per heavy atom. The van der Waals surface area contributed by atoms with E-state index < -0.39 is 48.7 Å². The molecule has 0 bridgehead atoms. The zero-order valence-electron chi connectivity index (χ0n) is 12.8. The van der Waals surface area contributed by atoms with Crippen molar-refractivity contribution in [3.63, 3.8) is 0 Å². The summed E-state index contributed by atoms with van der Waals surface area (Å²) in [6.45, 7) is 5.28. The standard InChI is InChI=1S/C12H22N4O6/c1-5(17)12-9(13-10(21)15(12)7(3)19)14(6(2)18)11(22)16(12)8(4)20/h5-9,17-20H,1-4H3,(H,13,21). The van der Waals surface area contributed by atoms with Gasteiger partial charge in [0.25, 0.3) is 0 Å². The van der Waals surface area contributed by atoms with Gasteiger partial charge in [0, 0.05) is 0 Å². The van der Waals surface area contributed by atoms with Crippen LogP contribution in [-0.4, -0.2) is 83.8 Å². The average Bonchev–Trinajstić information content (AvgIpc) is 2.75. The lowest BCUT2D eigenvalue weighted by Crippen LogP contribution is -2.69. The largest absolute Gasteiger partial charge is 0.389 e. The Morgan fingerprint density at radius 2 is 1.45 bits per heavy atom. The molecule has 2 rings (SSSR count). The molecular weight excluding hydrogens is 296 g/mol. The zero-order valence-corrected chi connectivity index (χ0v) is 12.8. The van der Waals surface area contributed by atoms with Crippen molar-refractivity contribution < 1.29 is 30.0 Å². The number of rotatable bonds is 4. The minimum atomic E-state index is -1.74. The number of hydrogen-bond donors (Lipinski definition) is 5. The molecule has 10 nitrogen and oxygen atoms in total. The fraction of sp³-hybridized carbons (Fsp3) is 0.833. The molecule has 2 heterocycles. The minimum absolute atomic E-state index is 0.718. The van der Waals surface area contributed by atoms with Crippen LogP contribution in [0.4, 0.5) is 9.59 Å². The predicted octanol–water partition coefficient (Wildman–Crippen LogP) is -1.83. The lowest BCUT2D eigenvalue weighted by molar-refractivity contribution is -0.158. The van der Waals surface area contributed by atoms with Crippen molar-refractivity contribution in [2.24, 2.45) is 0 Å². The van der Waals surface area contributed by atoms with Gasteiger partial charge in [-0.1, -0.05) is 0 Å². The summed E-state index contributed by atoms with van der Waals surface area (Å²) in [5, 5.41) is 42.6. The fourth-order valence-corrected chi connectivity index (χ4v) is 3.43. The molecule has 0 aromatic carbocycles. The molecule has 10 heteroatoms. The van der Waals surface area contributed by atoms with Crippen LogP contribution in [0, 0.1) is 0 Å². The molecule has 0 spiro atoms. The molecule has 0 aromatic heterocycles. The quantitative estimate of drug-likeness (QED) is 0.413. The Labute approximate surface area is 127 Å². The number of aliphatic hydroxyl groups excluding tert-OH is 4. The highest BCUT2D eigenvalue weighted by molar-refractivity contribution is 5.87. The molecule has 0 saturated carbocycles. The average molecular weight is 318 g/mol. The molecule has 2 aliphatic heterocycles. The molecule has 0 radical (unpaired) electrons. The SMILES string of the molecule is CC(O)N1C(=O)N(C(C)O)C2(C(C)O)C1NC(=O)N2C(C)O. The molecule has 0 aromatic rings.